The summed E-state index contributed by atoms with van der Waals surface area (Å²) in [5, 5.41) is 4.26. The molecule has 0 bridgehead atoms. The minimum absolute atomic E-state index is 0.0518. The molecule has 0 saturated carbocycles. The number of aromatic nitrogens is 2. The van der Waals surface area contributed by atoms with E-state index < -0.39 is 0 Å². The van der Waals surface area contributed by atoms with Crippen molar-refractivity contribution in [3.63, 3.8) is 0 Å². The molecule has 2 aromatic heterocycles. The van der Waals surface area contributed by atoms with Crippen LogP contribution >= 0.6 is 0 Å². The van der Waals surface area contributed by atoms with E-state index in [1.54, 1.807) is 17.1 Å². The first-order valence-corrected chi connectivity index (χ1v) is 6.79. The number of rotatable bonds is 3. The molecule has 106 valence electrons. The van der Waals surface area contributed by atoms with E-state index in [9.17, 15) is 4.79 Å². The van der Waals surface area contributed by atoms with Crippen molar-refractivity contribution in [2.45, 2.75) is 20.8 Å². The van der Waals surface area contributed by atoms with Crippen LogP contribution in [0.3, 0.4) is 0 Å². The van der Waals surface area contributed by atoms with Gasteiger partial charge in [-0.1, -0.05) is 18.2 Å². The molecule has 0 aliphatic carbocycles. The highest BCUT2D eigenvalue weighted by Crippen LogP contribution is 2.23. The van der Waals surface area contributed by atoms with Crippen LogP contribution in [0.25, 0.3) is 5.69 Å². The summed E-state index contributed by atoms with van der Waals surface area (Å²) in [5.41, 5.74) is 3.02. The number of carbonyl (C=O) groups is 1. The Morgan fingerprint density at radius 1 is 1.10 bits per heavy atom. The van der Waals surface area contributed by atoms with Crippen molar-refractivity contribution < 1.29 is 9.21 Å². The van der Waals surface area contributed by atoms with Crippen molar-refractivity contribution in [3.05, 3.63) is 70.9 Å². The molecule has 0 spiro atoms. The van der Waals surface area contributed by atoms with Crippen molar-refractivity contribution in [3.8, 4) is 5.69 Å². The van der Waals surface area contributed by atoms with E-state index in [-0.39, 0.29) is 5.78 Å². The molecular formula is C17H16N2O2. The van der Waals surface area contributed by atoms with Crippen molar-refractivity contribution >= 4 is 5.78 Å². The van der Waals surface area contributed by atoms with Gasteiger partial charge in [-0.15, -0.1) is 0 Å². The lowest BCUT2D eigenvalue weighted by Gasteiger charge is -2.00. The Morgan fingerprint density at radius 3 is 2.43 bits per heavy atom. The summed E-state index contributed by atoms with van der Waals surface area (Å²) in [6, 6.07) is 9.71. The van der Waals surface area contributed by atoms with Gasteiger partial charge in [-0.2, -0.15) is 5.10 Å². The van der Waals surface area contributed by atoms with Gasteiger partial charge in [0.25, 0.3) is 0 Å². The van der Waals surface area contributed by atoms with Gasteiger partial charge in [-0.05, 0) is 32.9 Å². The van der Waals surface area contributed by atoms with E-state index >= 15 is 0 Å². The van der Waals surface area contributed by atoms with E-state index in [0.29, 0.717) is 16.9 Å². The highest BCUT2D eigenvalue weighted by atomic mass is 16.3. The van der Waals surface area contributed by atoms with E-state index in [0.717, 1.165) is 17.0 Å². The van der Waals surface area contributed by atoms with Crippen LogP contribution in [0.1, 0.15) is 33.0 Å². The summed E-state index contributed by atoms with van der Waals surface area (Å²) in [6.45, 7) is 5.59. The smallest absolute Gasteiger partial charge is 0.199 e. The Bertz CT molecular complexity index is 798. The van der Waals surface area contributed by atoms with Gasteiger partial charge < -0.3 is 4.42 Å². The Kier molecular flexibility index (Phi) is 3.22. The Labute approximate surface area is 123 Å². The summed E-state index contributed by atoms with van der Waals surface area (Å²) >= 11 is 0. The van der Waals surface area contributed by atoms with Crippen molar-refractivity contribution in [1.82, 2.24) is 9.78 Å². The summed E-state index contributed by atoms with van der Waals surface area (Å²) in [4.78, 5) is 12.6. The second-order valence-electron chi connectivity index (χ2n) is 5.05. The average molecular weight is 280 g/mol. The minimum atomic E-state index is -0.0518. The second kappa shape index (κ2) is 5.05. The predicted octanol–water partition coefficient (Wildman–Crippen LogP) is 3.62. The lowest BCUT2D eigenvalue weighted by Crippen LogP contribution is -2.02. The summed E-state index contributed by atoms with van der Waals surface area (Å²) in [5.74, 6) is 1.39. The topological polar surface area (TPSA) is 48.0 Å². The fraction of sp³-hybridized carbons (Fsp3) is 0.176. The Morgan fingerprint density at radius 2 is 1.81 bits per heavy atom. The summed E-state index contributed by atoms with van der Waals surface area (Å²) in [6.07, 6.45) is 3.34. The molecule has 3 rings (SSSR count). The monoisotopic (exact) mass is 280 g/mol. The zero-order valence-electron chi connectivity index (χ0n) is 12.3. The van der Waals surface area contributed by atoms with Gasteiger partial charge in [-0.25, -0.2) is 4.68 Å². The number of nitrogens with zero attached hydrogens (tertiary/aromatic N) is 2. The van der Waals surface area contributed by atoms with Gasteiger partial charge in [0.1, 0.15) is 11.5 Å². The van der Waals surface area contributed by atoms with Gasteiger partial charge >= 0.3 is 0 Å². The fourth-order valence-corrected chi connectivity index (χ4v) is 2.43. The van der Waals surface area contributed by atoms with Crippen LogP contribution in [0.2, 0.25) is 0 Å². The Balaban J connectivity index is 1.98. The average Bonchev–Trinajstić information content (AvgIpc) is 3.06. The first-order valence-electron chi connectivity index (χ1n) is 6.79. The van der Waals surface area contributed by atoms with Crippen molar-refractivity contribution in [2.75, 3.05) is 0 Å². The van der Waals surface area contributed by atoms with Gasteiger partial charge in [0.05, 0.1) is 23.0 Å². The quantitative estimate of drug-likeness (QED) is 0.688. The molecule has 0 radical (unpaired) electrons. The van der Waals surface area contributed by atoms with Crippen molar-refractivity contribution in [1.29, 1.82) is 0 Å². The second-order valence-corrected chi connectivity index (χ2v) is 5.05. The zero-order valence-corrected chi connectivity index (χ0v) is 12.3. The number of ketones is 1. The largest absolute Gasteiger partial charge is 0.466 e. The molecule has 4 nitrogen and oxygen atoms in total. The number of para-hydroxylation sites is 1. The van der Waals surface area contributed by atoms with Crippen LogP contribution in [0.5, 0.6) is 0 Å². The molecule has 1 aromatic carbocycles. The third kappa shape index (κ3) is 2.29. The van der Waals surface area contributed by atoms with Crippen LogP contribution in [-0.4, -0.2) is 15.6 Å². The fourth-order valence-electron chi connectivity index (χ4n) is 2.43. The molecule has 0 unspecified atom stereocenters. The lowest BCUT2D eigenvalue weighted by atomic mass is 10.0. The molecule has 0 saturated heterocycles. The van der Waals surface area contributed by atoms with E-state index in [1.807, 2.05) is 51.1 Å². The third-order valence-corrected chi connectivity index (χ3v) is 3.65. The summed E-state index contributed by atoms with van der Waals surface area (Å²) < 4.78 is 7.23. The van der Waals surface area contributed by atoms with E-state index in [1.165, 1.54) is 0 Å². The van der Waals surface area contributed by atoms with Crippen LogP contribution in [-0.2, 0) is 0 Å². The van der Waals surface area contributed by atoms with Crippen molar-refractivity contribution in [2.24, 2.45) is 0 Å². The molecule has 0 aliphatic rings. The number of carbonyl (C=O) groups excluding carboxylic acids is 1. The third-order valence-electron chi connectivity index (χ3n) is 3.65. The Hall–Kier alpha value is -2.62. The molecule has 0 atom stereocenters. The molecule has 0 N–H and O–H groups in total. The molecule has 3 aromatic rings. The highest BCUT2D eigenvalue weighted by Gasteiger charge is 2.21. The first kappa shape index (κ1) is 13.4. The summed E-state index contributed by atoms with van der Waals surface area (Å²) in [7, 11) is 0. The number of hydrogen-bond donors (Lipinski definition) is 0. The maximum atomic E-state index is 12.6. The zero-order chi connectivity index (χ0) is 15.0. The molecule has 4 heteroatoms. The molecule has 0 amide bonds. The molecular weight excluding hydrogens is 264 g/mol. The van der Waals surface area contributed by atoms with E-state index in [2.05, 4.69) is 5.10 Å². The maximum Gasteiger partial charge on any atom is 0.199 e. The van der Waals surface area contributed by atoms with Crippen LogP contribution in [0.15, 0.2) is 47.1 Å². The normalized spacial score (nSPS) is 10.8. The van der Waals surface area contributed by atoms with Crippen LogP contribution in [0, 0.1) is 20.8 Å². The van der Waals surface area contributed by atoms with Gasteiger partial charge in [0.2, 0.25) is 0 Å². The van der Waals surface area contributed by atoms with Gasteiger partial charge in [0.15, 0.2) is 5.78 Å². The molecule has 21 heavy (non-hydrogen) atoms. The predicted molar refractivity (Wildman–Crippen MR) is 79.9 cm³/mol. The molecule has 0 aliphatic heterocycles. The molecule has 2 heterocycles. The number of aryl methyl sites for hydroxylation is 2. The van der Waals surface area contributed by atoms with Crippen LogP contribution < -0.4 is 0 Å². The number of furan rings is 1. The number of benzene rings is 1. The first-order chi connectivity index (χ1) is 10.1. The standard InChI is InChI=1S/C17H16N2O2/c1-11-12(2)21-13(3)16(11)17(20)14-9-18-19(10-14)15-7-5-4-6-8-15/h4-10H,1-3H3. The highest BCUT2D eigenvalue weighted by molar-refractivity contribution is 6.10. The van der Waals surface area contributed by atoms with Gasteiger partial charge in [-0.3, -0.25) is 4.79 Å². The minimum Gasteiger partial charge on any atom is -0.466 e. The van der Waals surface area contributed by atoms with Crippen LogP contribution in [0.4, 0.5) is 0 Å². The lowest BCUT2D eigenvalue weighted by molar-refractivity contribution is 0.103. The molecule has 0 fully saturated rings. The maximum absolute atomic E-state index is 12.6. The number of hydrogen-bond acceptors (Lipinski definition) is 3. The van der Waals surface area contributed by atoms with Gasteiger partial charge in [0, 0.05) is 11.8 Å². The SMILES string of the molecule is Cc1oc(C)c(C(=O)c2cnn(-c3ccccc3)c2)c1C. The van der Waals surface area contributed by atoms with E-state index in [4.69, 9.17) is 4.42 Å².